The number of phenolic OH excluding ortho intramolecular Hbond substituents is 1. The van der Waals surface area contributed by atoms with Crippen LogP contribution in [0.1, 0.15) is 12.5 Å². The van der Waals surface area contributed by atoms with Crippen LogP contribution in [0.25, 0.3) is 5.57 Å². The molecule has 0 bridgehead atoms. The van der Waals surface area contributed by atoms with Crippen LogP contribution in [-0.4, -0.2) is 12.2 Å². The van der Waals surface area contributed by atoms with Crippen LogP contribution >= 0.6 is 0 Å². The molecular weight excluding hydrogens is 188 g/mol. The second kappa shape index (κ2) is 3.65. The highest BCUT2D eigenvalue weighted by Gasteiger charge is 2.17. The van der Waals surface area contributed by atoms with E-state index in [2.05, 4.69) is 11.9 Å². The van der Waals surface area contributed by atoms with Crippen LogP contribution in [0.15, 0.2) is 12.6 Å². The molecule has 1 aromatic rings. The number of benzene rings is 1. The molecule has 0 aliphatic rings. The number of hydrogen-bond donors (Lipinski definition) is 2. The molecule has 0 aliphatic carbocycles. The van der Waals surface area contributed by atoms with Gasteiger partial charge in [-0.15, -0.1) is 0 Å². The molecule has 0 unspecified atom stereocenters. The van der Waals surface area contributed by atoms with Gasteiger partial charge in [-0.25, -0.2) is 8.78 Å². The van der Waals surface area contributed by atoms with Crippen LogP contribution in [0.2, 0.25) is 0 Å². The number of halogens is 2. The summed E-state index contributed by atoms with van der Waals surface area (Å²) in [5.41, 5.74) is 0.791. The molecular formula is C10H11F2NO. The summed E-state index contributed by atoms with van der Waals surface area (Å²) in [4.78, 5) is 0. The molecule has 4 heteroatoms. The van der Waals surface area contributed by atoms with Crippen LogP contribution in [0.4, 0.5) is 14.5 Å². The van der Waals surface area contributed by atoms with E-state index in [1.54, 1.807) is 6.92 Å². The van der Waals surface area contributed by atoms with Crippen molar-refractivity contribution in [2.24, 2.45) is 0 Å². The summed E-state index contributed by atoms with van der Waals surface area (Å²) >= 11 is 0. The van der Waals surface area contributed by atoms with E-state index < -0.39 is 17.4 Å². The van der Waals surface area contributed by atoms with E-state index >= 15 is 0 Å². The first-order valence-corrected chi connectivity index (χ1v) is 4.03. The van der Waals surface area contributed by atoms with E-state index in [9.17, 15) is 8.78 Å². The van der Waals surface area contributed by atoms with Gasteiger partial charge in [0.05, 0.1) is 0 Å². The van der Waals surface area contributed by atoms with E-state index in [0.717, 1.165) is 6.07 Å². The van der Waals surface area contributed by atoms with E-state index in [1.807, 2.05) is 0 Å². The molecule has 0 saturated heterocycles. The number of allylic oxidation sites excluding steroid dienone is 1. The number of rotatable bonds is 2. The summed E-state index contributed by atoms with van der Waals surface area (Å²) < 4.78 is 26.3. The molecule has 0 spiro atoms. The average Bonchev–Trinajstić information content (AvgIpc) is 2.12. The van der Waals surface area contributed by atoms with Crippen molar-refractivity contribution in [1.29, 1.82) is 0 Å². The zero-order chi connectivity index (χ0) is 10.9. The van der Waals surface area contributed by atoms with Crippen molar-refractivity contribution in [2.75, 3.05) is 12.4 Å². The third-order valence-corrected chi connectivity index (χ3v) is 1.89. The Bertz CT molecular complexity index is 388. The molecule has 14 heavy (non-hydrogen) atoms. The fourth-order valence-corrected chi connectivity index (χ4v) is 1.22. The lowest BCUT2D eigenvalue weighted by molar-refractivity contribution is 0.396. The molecule has 0 aromatic heterocycles. The van der Waals surface area contributed by atoms with Crippen molar-refractivity contribution in [3.05, 3.63) is 29.8 Å². The maximum absolute atomic E-state index is 13.4. The van der Waals surface area contributed by atoms with E-state index in [1.165, 1.54) is 7.05 Å². The Morgan fingerprint density at radius 3 is 2.50 bits per heavy atom. The van der Waals surface area contributed by atoms with Crippen molar-refractivity contribution in [1.82, 2.24) is 0 Å². The Labute approximate surface area is 80.9 Å². The van der Waals surface area contributed by atoms with E-state index in [4.69, 9.17) is 5.11 Å². The topological polar surface area (TPSA) is 32.3 Å². The maximum Gasteiger partial charge on any atom is 0.188 e. The van der Waals surface area contributed by atoms with Gasteiger partial charge in [0.25, 0.3) is 0 Å². The summed E-state index contributed by atoms with van der Waals surface area (Å²) in [5.74, 6) is -2.94. The second-order valence-electron chi connectivity index (χ2n) is 2.97. The minimum atomic E-state index is -0.989. The van der Waals surface area contributed by atoms with Gasteiger partial charge in [-0.3, -0.25) is 0 Å². The number of aromatic hydroxyl groups is 1. The number of hydrogen-bond acceptors (Lipinski definition) is 2. The van der Waals surface area contributed by atoms with Crippen LogP contribution in [0.5, 0.6) is 5.75 Å². The van der Waals surface area contributed by atoms with Crippen LogP contribution in [0, 0.1) is 11.6 Å². The lowest BCUT2D eigenvalue weighted by Crippen LogP contribution is -1.99. The first kappa shape index (κ1) is 10.5. The van der Waals surface area contributed by atoms with Gasteiger partial charge >= 0.3 is 0 Å². The molecule has 0 fully saturated rings. The highest BCUT2D eigenvalue weighted by atomic mass is 19.1. The molecule has 2 N–H and O–H groups in total. The van der Waals surface area contributed by atoms with Crippen molar-refractivity contribution >= 4 is 11.3 Å². The molecule has 1 aromatic carbocycles. The summed E-state index contributed by atoms with van der Waals surface area (Å²) in [6, 6.07) is 1.03. The third-order valence-electron chi connectivity index (χ3n) is 1.89. The Morgan fingerprint density at radius 1 is 1.50 bits per heavy atom. The monoisotopic (exact) mass is 199 g/mol. The van der Waals surface area contributed by atoms with Gasteiger partial charge in [-0.2, -0.15) is 0 Å². The van der Waals surface area contributed by atoms with E-state index in [-0.39, 0.29) is 11.3 Å². The Hall–Kier alpha value is -1.58. The summed E-state index contributed by atoms with van der Waals surface area (Å²) in [6.45, 7) is 5.13. The minimum absolute atomic E-state index is 0.103. The number of anilines is 1. The van der Waals surface area contributed by atoms with Gasteiger partial charge < -0.3 is 10.4 Å². The fraction of sp³-hybridized carbons (Fsp3) is 0.200. The molecule has 2 nitrogen and oxygen atoms in total. The highest BCUT2D eigenvalue weighted by molar-refractivity contribution is 5.75. The molecule has 0 atom stereocenters. The van der Waals surface area contributed by atoms with Gasteiger partial charge in [0, 0.05) is 24.4 Å². The van der Waals surface area contributed by atoms with Gasteiger partial charge in [0.1, 0.15) is 0 Å². The molecule has 0 heterocycles. The highest BCUT2D eigenvalue weighted by Crippen LogP contribution is 2.33. The smallest absolute Gasteiger partial charge is 0.188 e. The first-order valence-electron chi connectivity index (χ1n) is 4.03. The molecule has 0 radical (unpaired) electrons. The van der Waals surface area contributed by atoms with Crippen molar-refractivity contribution in [3.8, 4) is 5.75 Å². The first-order chi connectivity index (χ1) is 6.49. The third kappa shape index (κ3) is 1.55. The van der Waals surface area contributed by atoms with Crippen molar-refractivity contribution < 1.29 is 13.9 Å². The minimum Gasteiger partial charge on any atom is -0.503 e. The largest absolute Gasteiger partial charge is 0.503 e. The zero-order valence-corrected chi connectivity index (χ0v) is 7.99. The molecule has 0 aliphatic heterocycles. The number of nitrogens with one attached hydrogen (secondary N) is 1. The molecule has 0 amide bonds. The SMILES string of the molecule is C=C(C)c1c(NC)cc(F)c(O)c1F. The Kier molecular flexibility index (Phi) is 2.74. The zero-order valence-electron chi connectivity index (χ0n) is 7.99. The predicted molar refractivity (Wildman–Crippen MR) is 52.3 cm³/mol. The number of phenols is 1. The lowest BCUT2D eigenvalue weighted by atomic mass is 10.0. The lowest BCUT2D eigenvalue weighted by Gasteiger charge is -2.11. The summed E-state index contributed by atoms with van der Waals surface area (Å²) in [7, 11) is 1.54. The van der Waals surface area contributed by atoms with E-state index in [0.29, 0.717) is 5.57 Å². The van der Waals surface area contributed by atoms with Crippen LogP contribution < -0.4 is 5.32 Å². The Balaban J connectivity index is 3.53. The van der Waals surface area contributed by atoms with Gasteiger partial charge in [-0.05, 0) is 12.5 Å². The van der Waals surface area contributed by atoms with Crippen LogP contribution in [0.3, 0.4) is 0 Å². The average molecular weight is 199 g/mol. The summed E-state index contributed by atoms with van der Waals surface area (Å²) in [6.07, 6.45) is 0. The Morgan fingerprint density at radius 2 is 2.07 bits per heavy atom. The fourth-order valence-electron chi connectivity index (χ4n) is 1.22. The maximum atomic E-state index is 13.4. The van der Waals surface area contributed by atoms with Gasteiger partial charge in [0.15, 0.2) is 17.4 Å². The van der Waals surface area contributed by atoms with Crippen LogP contribution in [-0.2, 0) is 0 Å². The standard InChI is InChI=1S/C10H11F2NO/c1-5(2)8-7(13-3)4-6(11)10(14)9(8)12/h4,13-14H,1H2,2-3H3. The quantitative estimate of drug-likeness (QED) is 0.718. The van der Waals surface area contributed by atoms with Gasteiger partial charge in [-0.1, -0.05) is 6.58 Å². The normalized spacial score (nSPS) is 10.0. The second-order valence-corrected chi connectivity index (χ2v) is 2.97. The summed E-state index contributed by atoms with van der Waals surface area (Å²) in [5, 5.41) is 11.7. The predicted octanol–water partition coefficient (Wildman–Crippen LogP) is 2.75. The van der Waals surface area contributed by atoms with Crippen molar-refractivity contribution in [2.45, 2.75) is 6.92 Å². The molecule has 1 rings (SSSR count). The van der Waals surface area contributed by atoms with Gasteiger partial charge in [0.2, 0.25) is 0 Å². The molecule has 76 valence electrons. The van der Waals surface area contributed by atoms with Crippen molar-refractivity contribution in [3.63, 3.8) is 0 Å². The molecule has 0 saturated carbocycles.